The molecular formula is C9H12N2O2. The van der Waals surface area contributed by atoms with Crippen LogP contribution >= 0.6 is 0 Å². The molecule has 1 unspecified atom stereocenters. The minimum atomic E-state index is -0.927. The van der Waals surface area contributed by atoms with E-state index in [0.29, 0.717) is 0 Å². The summed E-state index contributed by atoms with van der Waals surface area (Å²) in [5, 5.41) is 8.72. The fourth-order valence-corrected chi connectivity index (χ4v) is 1.03. The van der Waals surface area contributed by atoms with Crippen LogP contribution in [0.3, 0.4) is 0 Å². The number of aromatic nitrogens is 1. The molecule has 1 aromatic rings. The molecule has 70 valence electrons. The highest BCUT2D eigenvalue weighted by molar-refractivity contribution is 5.65. The molecule has 4 heteroatoms. The lowest BCUT2D eigenvalue weighted by molar-refractivity contribution is 0.142. The normalized spacial score (nSPS) is 12.2. The van der Waals surface area contributed by atoms with E-state index < -0.39 is 6.09 Å². The van der Waals surface area contributed by atoms with Crippen LogP contribution in [0.25, 0.3) is 0 Å². The summed E-state index contributed by atoms with van der Waals surface area (Å²) in [6.07, 6.45) is 2.38. The molecule has 0 saturated heterocycles. The molecule has 1 amide bonds. The second kappa shape index (κ2) is 3.89. The summed E-state index contributed by atoms with van der Waals surface area (Å²) in [4.78, 5) is 15.7. The van der Waals surface area contributed by atoms with Crippen LogP contribution in [0.15, 0.2) is 24.5 Å². The molecular weight excluding hydrogens is 168 g/mol. The number of pyridine rings is 1. The fourth-order valence-electron chi connectivity index (χ4n) is 1.03. The minimum absolute atomic E-state index is 0.138. The molecule has 13 heavy (non-hydrogen) atoms. The van der Waals surface area contributed by atoms with Gasteiger partial charge in [0.05, 0.1) is 6.04 Å². The van der Waals surface area contributed by atoms with Gasteiger partial charge in [-0.1, -0.05) is 0 Å². The van der Waals surface area contributed by atoms with Crippen molar-refractivity contribution in [3.63, 3.8) is 0 Å². The molecule has 0 radical (unpaired) electrons. The lowest BCUT2D eigenvalue weighted by Crippen LogP contribution is -2.27. The quantitative estimate of drug-likeness (QED) is 0.754. The second-order valence-electron chi connectivity index (χ2n) is 2.85. The van der Waals surface area contributed by atoms with Crippen LogP contribution in [-0.2, 0) is 0 Å². The van der Waals surface area contributed by atoms with Crippen molar-refractivity contribution in [3.05, 3.63) is 30.1 Å². The highest BCUT2D eigenvalue weighted by Gasteiger charge is 2.15. The van der Waals surface area contributed by atoms with Crippen LogP contribution in [0.2, 0.25) is 0 Å². The first-order valence-electron chi connectivity index (χ1n) is 3.98. The van der Waals surface area contributed by atoms with Gasteiger partial charge in [-0.05, 0) is 24.6 Å². The van der Waals surface area contributed by atoms with Crippen LogP contribution in [-0.4, -0.2) is 28.1 Å². The van der Waals surface area contributed by atoms with E-state index in [0.717, 1.165) is 5.56 Å². The predicted molar refractivity (Wildman–Crippen MR) is 48.4 cm³/mol. The Kier molecular flexibility index (Phi) is 2.84. The molecule has 0 fully saturated rings. The standard InChI is InChI=1S/C9H12N2O2/c1-7(11(2)9(12)13)8-3-5-10-6-4-8/h3-7H,1-2H3,(H,12,13). The summed E-state index contributed by atoms with van der Waals surface area (Å²) in [6.45, 7) is 1.84. The molecule has 0 saturated carbocycles. The summed E-state index contributed by atoms with van der Waals surface area (Å²) < 4.78 is 0. The van der Waals surface area contributed by atoms with E-state index in [4.69, 9.17) is 5.11 Å². The number of hydrogen-bond acceptors (Lipinski definition) is 2. The molecule has 4 nitrogen and oxygen atoms in total. The van der Waals surface area contributed by atoms with Crippen LogP contribution in [0.1, 0.15) is 18.5 Å². The maximum Gasteiger partial charge on any atom is 0.407 e. The Morgan fingerprint density at radius 3 is 2.54 bits per heavy atom. The first kappa shape index (κ1) is 9.51. The highest BCUT2D eigenvalue weighted by atomic mass is 16.4. The molecule has 0 aromatic carbocycles. The summed E-state index contributed by atoms with van der Waals surface area (Å²) >= 11 is 0. The number of amides is 1. The van der Waals surface area contributed by atoms with Crippen LogP contribution in [0.5, 0.6) is 0 Å². The molecule has 1 rings (SSSR count). The summed E-state index contributed by atoms with van der Waals surface area (Å²) in [5.74, 6) is 0. The zero-order valence-corrected chi connectivity index (χ0v) is 7.64. The van der Waals surface area contributed by atoms with Crippen LogP contribution < -0.4 is 0 Å². The number of hydrogen-bond donors (Lipinski definition) is 1. The van der Waals surface area contributed by atoms with Gasteiger partial charge < -0.3 is 10.0 Å². The Labute approximate surface area is 76.8 Å². The first-order chi connectivity index (χ1) is 6.13. The van der Waals surface area contributed by atoms with Gasteiger partial charge in [0.15, 0.2) is 0 Å². The number of carbonyl (C=O) groups is 1. The van der Waals surface area contributed by atoms with Gasteiger partial charge in [0.2, 0.25) is 0 Å². The Morgan fingerprint density at radius 1 is 1.54 bits per heavy atom. The smallest absolute Gasteiger partial charge is 0.407 e. The average Bonchev–Trinajstić information content (AvgIpc) is 2.17. The van der Waals surface area contributed by atoms with Gasteiger partial charge in [0.1, 0.15) is 0 Å². The molecule has 0 bridgehead atoms. The monoisotopic (exact) mass is 180 g/mol. The number of rotatable bonds is 2. The molecule has 0 spiro atoms. The third-order valence-electron chi connectivity index (χ3n) is 2.07. The van der Waals surface area contributed by atoms with Crippen LogP contribution in [0, 0.1) is 0 Å². The molecule has 0 aliphatic heterocycles. The Balaban J connectivity index is 2.79. The van der Waals surface area contributed by atoms with Gasteiger partial charge in [-0.3, -0.25) is 4.98 Å². The average molecular weight is 180 g/mol. The molecule has 1 heterocycles. The van der Waals surface area contributed by atoms with Crippen LogP contribution in [0.4, 0.5) is 4.79 Å². The zero-order valence-electron chi connectivity index (χ0n) is 7.64. The van der Waals surface area contributed by atoms with Crippen molar-refractivity contribution in [1.29, 1.82) is 0 Å². The van der Waals surface area contributed by atoms with Crippen molar-refractivity contribution in [3.8, 4) is 0 Å². The predicted octanol–water partition coefficient (Wildman–Crippen LogP) is 1.75. The fraction of sp³-hybridized carbons (Fsp3) is 0.333. The van der Waals surface area contributed by atoms with Crippen molar-refractivity contribution in [1.82, 2.24) is 9.88 Å². The van der Waals surface area contributed by atoms with Gasteiger partial charge in [-0.25, -0.2) is 4.79 Å². The van der Waals surface area contributed by atoms with Gasteiger partial charge in [0, 0.05) is 19.4 Å². The van der Waals surface area contributed by atoms with E-state index in [1.807, 2.05) is 19.1 Å². The number of carboxylic acid groups (broad SMARTS) is 1. The van der Waals surface area contributed by atoms with E-state index >= 15 is 0 Å². The van der Waals surface area contributed by atoms with E-state index in [2.05, 4.69) is 4.98 Å². The van der Waals surface area contributed by atoms with Crippen molar-refractivity contribution < 1.29 is 9.90 Å². The summed E-state index contributed by atoms with van der Waals surface area (Å²) in [6, 6.07) is 3.48. The van der Waals surface area contributed by atoms with Crippen molar-refractivity contribution in [2.75, 3.05) is 7.05 Å². The Bertz CT molecular complexity index is 287. The van der Waals surface area contributed by atoms with E-state index in [9.17, 15) is 4.79 Å². The van der Waals surface area contributed by atoms with E-state index in [-0.39, 0.29) is 6.04 Å². The van der Waals surface area contributed by atoms with Gasteiger partial charge in [-0.2, -0.15) is 0 Å². The maximum atomic E-state index is 10.6. The van der Waals surface area contributed by atoms with E-state index in [1.165, 1.54) is 4.90 Å². The van der Waals surface area contributed by atoms with Gasteiger partial charge >= 0.3 is 6.09 Å². The molecule has 1 atom stereocenters. The molecule has 0 aliphatic rings. The van der Waals surface area contributed by atoms with Gasteiger partial charge in [0.25, 0.3) is 0 Å². The Morgan fingerprint density at radius 2 is 2.08 bits per heavy atom. The maximum absolute atomic E-state index is 10.6. The third kappa shape index (κ3) is 2.18. The molecule has 0 aliphatic carbocycles. The summed E-state index contributed by atoms with van der Waals surface area (Å²) in [5.41, 5.74) is 0.944. The minimum Gasteiger partial charge on any atom is -0.465 e. The van der Waals surface area contributed by atoms with Crippen molar-refractivity contribution >= 4 is 6.09 Å². The lowest BCUT2D eigenvalue weighted by Gasteiger charge is -2.21. The molecule has 1 N–H and O–H groups in total. The SMILES string of the molecule is CC(c1ccncc1)N(C)C(=O)O. The zero-order chi connectivity index (χ0) is 9.84. The summed E-state index contributed by atoms with van der Waals surface area (Å²) in [7, 11) is 1.55. The lowest BCUT2D eigenvalue weighted by atomic mass is 10.1. The third-order valence-corrected chi connectivity index (χ3v) is 2.07. The highest BCUT2D eigenvalue weighted by Crippen LogP contribution is 2.16. The topological polar surface area (TPSA) is 53.4 Å². The first-order valence-corrected chi connectivity index (χ1v) is 3.98. The number of nitrogens with zero attached hydrogens (tertiary/aromatic N) is 2. The van der Waals surface area contributed by atoms with E-state index in [1.54, 1.807) is 19.4 Å². The van der Waals surface area contributed by atoms with Crippen molar-refractivity contribution in [2.24, 2.45) is 0 Å². The Hall–Kier alpha value is -1.58. The van der Waals surface area contributed by atoms with Gasteiger partial charge in [-0.15, -0.1) is 0 Å². The van der Waals surface area contributed by atoms with Crippen molar-refractivity contribution in [2.45, 2.75) is 13.0 Å². The second-order valence-corrected chi connectivity index (χ2v) is 2.85. The largest absolute Gasteiger partial charge is 0.465 e. The molecule has 1 aromatic heterocycles.